The van der Waals surface area contributed by atoms with Crippen molar-refractivity contribution in [2.75, 3.05) is 24.6 Å². The maximum absolute atomic E-state index is 13.4. The number of nitrogens with zero attached hydrogens (tertiary/aromatic N) is 2. The second-order valence-corrected chi connectivity index (χ2v) is 11.5. The molecule has 27 heavy (non-hydrogen) atoms. The Bertz CT molecular complexity index is 783. The molecular formula is C20H30N2O3S2. The molecule has 0 aromatic carbocycles. The molecule has 0 spiro atoms. The molecule has 3 heterocycles. The van der Waals surface area contributed by atoms with Crippen molar-refractivity contribution < 1.29 is 13.2 Å². The second-order valence-electron chi connectivity index (χ2n) is 8.24. The Hall–Kier alpha value is -0.920. The van der Waals surface area contributed by atoms with Crippen LogP contribution in [0.4, 0.5) is 0 Å². The van der Waals surface area contributed by atoms with Gasteiger partial charge in [-0.3, -0.25) is 9.69 Å². The summed E-state index contributed by atoms with van der Waals surface area (Å²) in [7, 11) is -2.99. The Morgan fingerprint density at radius 1 is 1.26 bits per heavy atom. The Labute approximate surface area is 166 Å². The van der Waals surface area contributed by atoms with E-state index in [2.05, 4.69) is 23.3 Å². The molecule has 1 aromatic heterocycles. The monoisotopic (exact) mass is 410 g/mol. The van der Waals surface area contributed by atoms with Gasteiger partial charge in [-0.05, 0) is 49.1 Å². The third-order valence-corrected chi connectivity index (χ3v) is 9.29. The van der Waals surface area contributed by atoms with Crippen LogP contribution in [0.15, 0.2) is 11.4 Å². The van der Waals surface area contributed by atoms with Crippen LogP contribution in [-0.2, 0) is 21.1 Å². The molecule has 3 aliphatic rings. The zero-order chi connectivity index (χ0) is 19.0. The van der Waals surface area contributed by atoms with Gasteiger partial charge in [-0.2, -0.15) is 0 Å². The van der Waals surface area contributed by atoms with E-state index in [0.717, 1.165) is 45.1 Å². The molecule has 0 bridgehead atoms. The van der Waals surface area contributed by atoms with Gasteiger partial charge in [0.2, 0.25) is 5.91 Å². The first-order valence-electron chi connectivity index (χ1n) is 10.3. The average Bonchev–Trinajstić information content (AvgIpc) is 3.36. The lowest BCUT2D eigenvalue weighted by molar-refractivity contribution is -0.137. The summed E-state index contributed by atoms with van der Waals surface area (Å²) in [5.41, 5.74) is 1.39. The van der Waals surface area contributed by atoms with Crippen molar-refractivity contribution >= 4 is 27.1 Å². The number of fused-ring (bicyclic) bond motifs is 1. The fourth-order valence-corrected chi connectivity index (χ4v) is 7.89. The van der Waals surface area contributed by atoms with E-state index in [0.29, 0.717) is 19.0 Å². The van der Waals surface area contributed by atoms with Gasteiger partial charge in [0.25, 0.3) is 0 Å². The van der Waals surface area contributed by atoms with E-state index < -0.39 is 9.84 Å². The Morgan fingerprint density at radius 3 is 2.70 bits per heavy atom. The third kappa shape index (κ3) is 3.96. The minimum atomic E-state index is -2.99. The highest BCUT2D eigenvalue weighted by Gasteiger charge is 2.40. The van der Waals surface area contributed by atoms with Crippen LogP contribution >= 0.6 is 11.3 Å². The smallest absolute Gasteiger partial charge is 0.237 e. The van der Waals surface area contributed by atoms with Crippen LogP contribution in [0.3, 0.4) is 0 Å². The quantitative estimate of drug-likeness (QED) is 0.749. The number of carbonyl (C=O) groups is 1. The molecular weight excluding hydrogens is 380 g/mol. The van der Waals surface area contributed by atoms with Gasteiger partial charge in [0.1, 0.15) is 0 Å². The van der Waals surface area contributed by atoms with Crippen LogP contribution in [0.1, 0.15) is 61.9 Å². The topological polar surface area (TPSA) is 57.7 Å². The largest absolute Gasteiger partial charge is 0.335 e. The molecule has 1 saturated heterocycles. The van der Waals surface area contributed by atoms with Crippen molar-refractivity contribution in [2.24, 2.45) is 0 Å². The van der Waals surface area contributed by atoms with Crippen LogP contribution < -0.4 is 0 Å². The lowest BCUT2D eigenvalue weighted by Crippen LogP contribution is -2.51. The Kier molecular flexibility index (Phi) is 5.63. The van der Waals surface area contributed by atoms with E-state index in [4.69, 9.17) is 0 Å². The second kappa shape index (κ2) is 7.84. The zero-order valence-corrected chi connectivity index (χ0v) is 17.7. The van der Waals surface area contributed by atoms with Crippen molar-refractivity contribution in [2.45, 2.75) is 70.0 Å². The van der Waals surface area contributed by atoms with Crippen LogP contribution in [0, 0.1) is 0 Å². The highest BCUT2D eigenvalue weighted by Crippen LogP contribution is 2.36. The molecule has 2 aliphatic heterocycles. The summed E-state index contributed by atoms with van der Waals surface area (Å²) in [6.07, 6.45) is 6.95. The summed E-state index contributed by atoms with van der Waals surface area (Å²) in [6, 6.07) is 2.63. The van der Waals surface area contributed by atoms with Gasteiger partial charge in [0.05, 0.1) is 18.1 Å². The van der Waals surface area contributed by atoms with Gasteiger partial charge >= 0.3 is 0 Å². The molecule has 4 rings (SSSR count). The summed E-state index contributed by atoms with van der Waals surface area (Å²) < 4.78 is 24.1. The summed E-state index contributed by atoms with van der Waals surface area (Å²) in [5.74, 6) is 0.524. The molecule has 1 amide bonds. The van der Waals surface area contributed by atoms with Gasteiger partial charge in [-0.1, -0.05) is 19.8 Å². The first-order chi connectivity index (χ1) is 13.0. The minimum Gasteiger partial charge on any atom is -0.335 e. The van der Waals surface area contributed by atoms with Crippen molar-refractivity contribution in [3.8, 4) is 0 Å². The molecule has 5 nitrogen and oxygen atoms in total. The molecule has 0 N–H and O–H groups in total. The lowest BCUT2D eigenvalue weighted by atomic mass is 9.97. The summed E-state index contributed by atoms with van der Waals surface area (Å²) in [6.45, 7) is 3.52. The Balaban J connectivity index is 1.52. The molecule has 1 aromatic rings. The molecule has 1 aliphatic carbocycles. The van der Waals surface area contributed by atoms with Crippen molar-refractivity contribution in [1.29, 1.82) is 0 Å². The molecule has 2 unspecified atom stereocenters. The molecule has 0 radical (unpaired) electrons. The van der Waals surface area contributed by atoms with E-state index in [1.807, 2.05) is 16.2 Å². The lowest BCUT2D eigenvalue weighted by Gasteiger charge is -2.39. The van der Waals surface area contributed by atoms with E-state index >= 15 is 0 Å². The molecule has 150 valence electrons. The first-order valence-corrected chi connectivity index (χ1v) is 13.0. The SMILES string of the molecule is CCC1c2ccsc2CCN1CC(=O)N(C1CCCC1)C1CCS(=O)(=O)C1. The number of hydrogen-bond acceptors (Lipinski definition) is 5. The molecule has 2 fully saturated rings. The number of rotatable bonds is 5. The van der Waals surface area contributed by atoms with Gasteiger partial charge in [0.15, 0.2) is 9.84 Å². The number of hydrogen-bond donors (Lipinski definition) is 0. The highest BCUT2D eigenvalue weighted by atomic mass is 32.2. The standard InChI is InChI=1S/C20H30N2O3S2/c1-2-18-17-8-11-26-19(17)7-10-21(18)13-20(23)22(15-5-3-4-6-15)16-9-12-27(24,25)14-16/h8,11,15-16,18H,2-7,9-10,12-14H2,1H3. The predicted molar refractivity (Wildman–Crippen MR) is 109 cm³/mol. The molecule has 7 heteroatoms. The van der Waals surface area contributed by atoms with Crippen molar-refractivity contribution in [3.05, 3.63) is 21.9 Å². The minimum absolute atomic E-state index is 0.118. The van der Waals surface area contributed by atoms with Crippen molar-refractivity contribution in [3.63, 3.8) is 0 Å². The maximum atomic E-state index is 13.4. The van der Waals surface area contributed by atoms with Crippen LogP contribution in [0.2, 0.25) is 0 Å². The fraction of sp³-hybridized carbons (Fsp3) is 0.750. The number of thiophene rings is 1. The normalized spacial score (nSPS) is 28.3. The zero-order valence-electron chi connectivity index (χ0n) is 16.1. The number of sulfone groups is 1. The van der Waals surface area contributed by atoms with E-state index in [1.165, 1.54) is 10.4 Å². The van der Waals surface area contributed by atoms with E-state index in [1.54, 1.807) is 0 Å². The summed E-state index contributed by atoms with van der Waals surface area (Å²) in [4.78, 5) is 19.2. The molecule has 2 atom stereocenters. The third-order valence-electron chi connectivity index (χ3n) is 6.54. The Morgan fingerprint density at radius 2 is 2.04 bits per heavy atom. The highest BCUT2D eigenvalue weighted by molar-refractivity contribution is 7.91. The number of amides is 1. The van der Waals surface area contributed by atoms with Crippen molar-refractivity contribution in [1.82, 2.24) is 9.80 Å². The maximum Gasteiger partial charge on any atom is 0.237 e. The van der Waals surface area contributed by atoms with Crippen LogP contribution in [0.25, 0.3) is 0 Å². The van der Waals surface area contributed by atoms with E-state index in [-0.39, 0.29) is 29.5 Å². The number of carbonyl (C=O) groups excluding carboxylic acids is 1. The fourth-order valence-electron chi connectivity index (χ4n) is 5.25. The van der Waals surface area contributed by atoms with Gasteiger partial charge in [-0.15, -0.1) is 11.3 Å². The summed E-state index contributed by atoms with van der Waals surface area (Å²) >= 11 is 1.82. The average molecular weight is 411 g/mol. The molecule has 1 saturated carbocycles. The van der Waals surface area contributed by atoms with Gasteiger partial charge in [0, 0.05) is 29.5 Å². The van der Waals surface area contributed by atoms with Crippen LogP contribution in [0.5, 0.6) is 0 Å². The predicted octanol–water partition coefficient (Wildman–Crippen LogP) is 3.02. The summed E-state index contributed by atoms with van der Waals surface area (Å²) in [5, 5.41) is 2.16. The van der Waals surface area contributed by atoms with Crippen LogP contribution in [-0.4, -0.2) is 60.8 Å². The van der Waals surface area contributed by atoms with E-state index in [9.17, 15) is 13.2 Å². The van der Waals surface area contributed by atoms with Gasteiger partial charge < -0.3 is 4.90 Å². The van der Waals surface area contributed by atoms with Gasteiger partial charge in [-0.25, -0.2) is 8.42 Å². The first kappa shape index (κ1) is 19.4.